The van der Waals surface area contributed by atoms with Crippen molar-refractivity contribution in [3.05, 3.63) is 29.3 Å². The fourth-order valence-electron chi connectivity index (χ4n) is 1.55. The van der Waals surface area contributed by atoms with Gasteiger partial charge in [-0.15, -0.1) is 0 Å². The van der Waals surface area contributed by atoms with Crippen LogP contribution in [0.15, 0.2) is 18.2 Å². The molecule has 1 aromatic rings. The average molecular weight is 248 g/mol. The molecule has 0 aliphatic carbocycles. The van der Waals surface area contributed by atoms with Gasteiger partial charge in [0.1, 0.15) is 6.07 Å². The number of benzene rings is 1. The van der Waals surface area contributed by atoms with Crippen LogP contribution in [0.3, 0.4) is 0 Å². The number of rotatable bonds is 4. The van der Waals surface area contributed by atoms with Crippen LogP contribution < -0.4 is 5.32 Å². The van der Waals surface area contributed by atoms with Gasteiger partial charge in [-0.2, -0.15) is 5.26 Å². The lowest BCUT2D eigenvalue weighted by atomic mass is 9.86. The molecular formula is C14H20N2O2. The Hall–Kier alpha value is -1.57. The second-order valence-corrected chi connectivity index (χ2v) is 5.34. The molecule has 0 aliphatic rings. The average Bonchev–Trinajstić information content (AvgIpc) is 2.34. The van der Waals surface area contributed by atoms with Crippen LogP contribution in [0.1, 0.15) is 31.9 Å². The number of nitrogens with zero attached hydrogens (tertiary/aromatic N) is 1. The van der Waals surface area contributed by atoms with Crippen molar-refractivity contribution >= 4 is 5.69 Å². The number of aliphatic hydroxyl groups is 2. The van der Waals surface area contributed by atoms with Gasteiger partial charge in [0, 0.05) is 6.54 Å². The summed E-state index contributed by atoms with van der Waals surface area (Å²) >= 11 is 0. The van der Waals surface area contributed by atoms with Crippen LogP contribution in [0.4, 0.5) is 5.69 Å². The summed E-state index contributed by atoms with van der Waals surface area (Å²) in [5, 5.41) is 30.1. The molecule has 0 amide bonds. The Bertz CT molecular complexity index is 444. The summed E-state index contributed by atoms with van der Waals surface area (Å²) in [6.45, 7) is 6.19. The Kier molecular flexibility index (Phi) is 4.71. The summed E-state index contributed by atoms with van der Waals surface area (Å²) in [7, 11) is 0. The Morgan fingerprint density at radius 3 is 2.56 bits per heavy atom. The number of nitriles is 1. The van der Waals surface area contributed by atoms with Gasteiger partial charge in [0.15, 0.2) is 0 Å². The molecule has 0 radical (unpaired) electrons. The number of anilines is 1. The normalized spacial score (nSPS) is 12.9. The minimum atomic E-state index is -0.821. The standard InChI is InChI=1S/C14H20N2O2/c1-14(2,3)11-4-5-13(10(6-11)7-15)16-8-12(18)9-17/h4-6,12,16-18H,8-9H2,1-3H3. The number of hydrogen-bond donors (Lipinski definition) is 3. The van der Waals surface area contributed by atoms with Gasteiger partial charge >= 0.3 is 0 Å². The van der Waals surface area contributed by atoms with Crippen molar-refractivity contribution in [3.63, 3.8) is 0 Å². The maximum atomic E-state index is 9.27. The Labute approximate surface area is 108 Å². The predicted molar refractivity (Wildman–Crippen MR) is 71.4 cm³/mol. The second kappa shape index (κ2) is 5.85. The van der Waals surface area contributed by atoms with E-state index in [1.165, 1.54) is 0 Å². The third-order valence-corrected chi connectivity index (χ3v) is 2.74. The van der Waals surface area contributed by atoms with Gasteiger partial charge < -0.3 is 15.5 Å². The van der Waals surface area contributed by atoms with Crippen molar-refractivity contribution in [2.24, 2.45) is 0 Å². The van der Waals surface area contributed by atoms with Crippen LogP contribution in [0.25, 0.3) is 0 Å². The zero-order chi connectivity index (χ0) is 13.8. The van der Waals surface area contributed by atoms with Crippen LogP contribution in [-0.2, 0) is 5.41 Å². The quantitative estimate of drug-likeness (QED) is 0.756. The highest BCUT2D eigenvalue weighted by atomic mass is 16.3. The Morgan fingerprint density at radius 1 is 1.39 bits per heavy atom. The van der Waals surface area contributed by atoms with Gasteiger partial charge in [-0.05, 0) is 23.1 Å². The SMILES string of the molecule is CC(C)(C)c1ccc(NCC(O)CO)c(C#N)c1. The third kappa shape index (κ3) is 3.73. The molecule has 0 bridgehead atoms. The molecule has 0 aromatic heterocycles. The zero-order valence-electron chi connectivity index (χ0n) is 11.1. The molecule has 98 valence electrons. The molecule has 1 unspecified atom stereocenters. The highest BCUT2D eigenvalue weighted by Crippen LogP contribution is 2.26. The van der Waals surface area contributed by atoms with Gasteiger partial charge in [-0.1, -0.05) is 26.8 Å². The van der Waals surface area contributed by atoms with E-state index in [1.54, 1.807) is 0 Å². The summed E-state index contributed by atoms with van der Waals surface area (Å²) in [6, 6.07) is 7.80. The third-order valence-electron chi connectivity index (χ3n) is 2.74. The van der Waals surface area contributed by atoms with E-state index in [0.717, 1.165) is 5.56 Å². The fraction of sp³-hybridized carbons (Fsp3) is 0.500. The topological polar surface area (TPSA) is 76.3 Å². The van der Waals surface area contributed by atoms with Crippen LogP contribution in [-0.4, -0.2) is 29.5 Å². The first kappa shape index (κ1) is 14.5. The zero-order valence-corrected chi connectivity index (χ0v) is 11.1. The van der Waals surface area contributed by atoms with E-state index in [2.05, 4.69) is 32.2 Å². The molecule has 1 atom stereocenters. The van der Waals surface area contributed by atoms with E-state index in [-0.39, 0.29) is 18.6 Å². The molecule has 0 heterocycles. The van der Waals surface area contributed by atoms with Crippen molar-refractivity contribution in [2.75, 3.05) is 18.5 Å². The summed E-state index contributed by atoms with van der Waals surface area (Å²) in [6.07, 6.45) is -0.821. The van der Waals surface area contributed by atoms with E-state index in [1.807, 2.05) is 18.2 Å². The van der Waals surface area contributed by atoms with Gasteiger partial charge in [0.2, 0.25) is 0 Å². The highest BCUT2D eigenvalue weighted by Gasteiger charge is 2.15. The molecule has 0 fully saturated rings. The van der Waals surface area contributed by atoms with Crippen molar-refractivity contribution in [3.8, 4) is 6.07 Å². The van der Waals surface area contributed by atoms with Gasteiger partial charge in [0.05, 0.1) is 24.0 Å². The lowest BCUT2D eigenvalue weighted by Crippen LogP contribution is -2.23. The van der Waals surface area contributed by atoms with E-state index < -0.39 is 6.10 Å². The van der Waals surface area contributed by atoms with Gasteiger partial charge in [-0.25, -0.2) is 0 Å². The molecular weight excluding hydrogens is 228 g/mol. The summed E-state index contributed by atoms with van der Waals surface area (Å²) in [4.78, 5) is 0. The van der Waals surface area contributed by atoms with Crippen molar-refractivity contribution in [1.29, 1.82) is 5.26 Å². The molecule has 4 heteroatoms. The molecule has 0 spiro atoms. The van der Waals surface area contributed by atoms with Crippen LogP contribution in [0, 0.1) is 11.3 Å². The molecule has 18 heavy (non-hydrogen) atoms. The number of nitrogens with one attached hydrogen (secondary N) is 1. The predicted octanol–water partition coefficient (Wildman–Crippen LogP) is 1.62. The van der Waals surface area contributed by atoms with Crippen molar-refractivity contribution in [1.82, 2.24) is 0 Å². The summed E-state index contributed by atoms with van der Waals surface area (Å²) in [5.41, 5.74) is 2.31. The Balaban J connectivity index is 2.92. The maximum absolute atomic E-state index is 9.27. The first-order valence-corrected chi connectivity index (χ1v) is 5.96. The van der Waals surface area contributed by atoms with Crippen LogP contribution in [0.5, 0.6) is 0 Å². The van der Waals surface area contributed by atoms with E-state index >= 15 is 0 Å². The molecule has 1 aromatic carbocycles. The van der Waals surface area contributed by atoms with Crippen molar-refractivity contribution < 1.29 is 10.2 Å². The lowest BCUT2D eigenvalue weighted by Gasteiger charge is -2.20. The van der Waals surface area contributed by atoms with E-state index in [0.29, 0.717) is 11.3 Å². The second-order valence-electron chi connectivity index (χ2n) is 5.34. The molecule has 0 saturated carbocycles. The summed E-state index contributed by atoms with van der Waals surface area (Å²) in [5.74, 6) is 0. The molecule has 4 nitrogen and oxygen atoms in total. The highest BCUT2D eigenvalue weighted by molar-refractivity contribution is 5.59. The smallest absolute Gasteiger partial charge is 0.101 e. The Morgan fingerprint density at radius 2 is 2.06 bits per heavy atom. The van der Waals surface area contributed by atoms with Crippen LogP contribution in [0.2, 0.25) is 0 Å². The molecule has 3 N–H and O–H groups in total. The van der Waals surface area contributed by atoms with Crippen LogP contribution >= 0.6 is 0 Å². The fourth-order valence-corrected chi connectivity index (χ4v) is 1.55. The molecule has 0 aliphatic heterocycles. The maximum Gasteiger partial charge on any atom is 0.101 e. The van der Waals surface area contributed by atoms with Gasteiger partial charge in [-0.3, -0.25) is 0 Å². The van der Waals surface area contributed by atoms with Crippen molar-refractivity contribution in [2.45, 2.75) is 32.3 Å². The minimum absolute atomic E-state index is 0.00522. The first-order chi connectivity index (χ1) is 8.38. The summed E-state index contributed by atoms with van der Waals surface area (Å²) < 4.78 is 0. The number of hydrogen-bond acceptors (Lipinski definition) is 4. The monoisotopic (exact) mass is 248 g/mol. The molecule has 1 rings (SSSR count). The minimum Gasteiger partial charge on any atom is -0.394 e. The van der Waals surface area contributed by atoms with Gasteiger partial charge in [0.25, 0.3) is 0 Å². The molecule has 0 saturated heterocycles. The van der Waals surface area contributed by atoms with E-state index in [9.17, 15) is 5.11 Å². The largest absolute Gasteiger partial charge is 0.394 e. The number of aliphatic hydroxyl groups excluding tert-OH is 2. The van der Waals surface area contributed by atoms with E-state index in [4.69, 9.17) is 10.4 Å². The first-order valence-electron chi connectivity index (χ1n) is 5.96. The lowest BCUT2D eigenvalue weighted by molar-refractivity contribution is 0.105.